The highest BCUT2D eigenvalue weighted by atomic mass is 32.1. The number of rotatable bonds is 7. The molecule has 0 saturated carbocycles. The third-order valence-corrected chi connectivity index (χ3v) is 4.41. The molecule has 1 unspecified atom stereocenters. The predicted molar refractivity (Wildman–Crippen MR) is 89.0 cm³/mol. The molecule has 0 aliphatic heterocycles. The predicted octanol–water partition coefficient (Wildman–Crippen LogP) is 2.64. The first-order valence-electron chi connectivity index (χ1n) is 7.54. The van der Waals surface area contributed by atoms with Crippen molar-refractivity contribution in [1.29, 1.82) is 0 Å². The Morgan fingerprint density at radius 1 is 1.39 bits per heavy atom. The van der Waals surface area contributed by atoms with Crippen LogP contribution in [0, 0.1) is 5.82 Å². The molecule has 1 N–H and O–H groups in total. The van der Waals surface area contributed by atoms with Gasteiger partial charge in [-0.05, 0) is 31.0 Å². The molecule has 1 aromatic carbocycles. The van der Waals surface area contributed by atoms with E-state index in [0.29, 0.717) is 19.4 Å². The Morgan fingerprint density at radius 2 is 2.09 bits per heavy atom. The number of hydrogen-bond acceptors (Lipinski definition) is 4. The van der Waals surface area contributed by atoms with Crippen molar-refractivity contribution in [3.8, 4) is 0 Å². The number of thiazole rings is 1. The number of carbonyl (C=O) groups is 1. The Labute approximate surface area is 139 Å². The van der Waals surface area contributed by atoms with Gasteiger partial charge in [0.1, 0.15) is 5.82 Å². The monoisotopic (exact) mass is 336 g/mol. The summed E-state index contributed by atoms with van der Waals surface area (Å²) in [5.41, 5.74) is 1.74. The van der Waals surface area contributed by atoms with Gasteiger partial charge in [0.2, 0.25) is 5.91 Å². The Morgan fingerprint density at radius 3 is 2.74 bits per heavy atom. The van der Waals surface area contributed by atoms with E-state index in [1.54, 1.807) is 31.0 Å². The lowest BCUT2D eigenvalue weighted by molar-refractivity contribution is -0.129. The molecule has 6 heteroatoms. The molecule has 4 nitrogen and oxygen atoms in total. The molecule has 0 spiro atoms. The van der Waals surface area contributed by atoms with Crippen LogP contribution in [0.1, 0.15) is 29.6 Å². The van der Waals surface area contributed by atoms with Crippen LogP contribution in [0.5, 0.6) is 0 Å². The van der Waals surface area contributed by atoms with Gasteiger partial charge in [-0.15, -0.1) is 11.3 Å². The molecule has 1 aromatic heterocycles. The molecule has 0 aliphatic carbocycles. The molecule has 1 amide bonds. The van der Waals surface area contributed by atoms with E-state index in [0.717, 1.165) is 16.3 Å². The average Bonchev–Trinajstić information content (AvgIpc) is 2.94. The van der Waals surface area contributed by atoms with E-state index in [1.165, 1.54) is 23.5 Å². The minimum absolute atomic E-state index is 0.00992. The molecule has 2 aromatic rings. The van der Waals surface area contributed by atoms with Crippen molar-refractivity contribution < 1.29 is 14.3 Å². The van der Waals surface area contributed by atoms with Gasteiger partial charge in [-0.1, -0.05) is 12.1 Å². The van der Waals surface area contributed by atoms with Crippen molar-refractivity contribution in [1.82, 2.24) is 9.88 Å². The fourth-order valence-electron chi connectivity index (χ4n) is 2.08. The third kappa shape index (κ3) is 5.73. The first-order chi connectivity index (χ1) is 10.9. The van der Waals surface area contributed by atoms with Gasteiger partial charge in [0.15, 0.2) is 0 Å². The van der Waals surface area contributed by atoms with Gasteiger partial charge in [-0.25, -0.2) is 9.37 Å². The Balaban J connectivity index is 1.89. The third-order valence-electron chi connectivity index (χ3n) is 3.51. The van der Waals surface area contributed by atoms with Gasteiger partial charge in [-0.2, -0.15) is 0 Å². The van der Waals surface area contributed by atoms with Crippen molar-refractivity contribution in [2.45, 2.75) is 32.3 Å². The minimum atomic E-state index is -0.410. The molecule has 0 radical (unpaired) electrons. The fourth-order valence-corrected chi connectivity index (χ4v) is 2.91. The smallest absolute Gasteiger partial charge is 0.228 e. The number of aliphatic hydroxyl groups excluding tert-OH is 1. The number of hydrogen-bond donors (Lipinski definition) is 1. The molecule has 0 fully saturated rings. The average molecular weight is 336 g/mol. The highest BCUT2D eigenvalue weighted by molar-refractivity contribution is 7.09. The topological polar surface area (TPSA) is 53.4 Å². The van der Waals surface area contributed by atoms with E-state index in [1.807, 2.05) is 5.38 Å². The van der Waals surface area contributed by atoms with Gasteiger partial charge in [-0.3, -0.25) is 4.79 Å². The Bertz CT molecular complexity index is 640. The highest BCUT2D eigenvalue weighted by Gasteiger charge is 2.13. The summed E-state index contributed by atoms with van der Waals surface area (Å²) in [4.78, 5) is 18.2. The lowest BCUT2D eigenvalue weighted by atomic mass is 10.1. The summed E-state index contributed by atoms with van der Waals surface area (Å²) < 4.78 is 12.9. The van der Waals surface area contributed by atoms with Gasteiger partial charge >= 0.3 is 0 Å². The van der Waals surface area contributed by atoms with Crippen LogP contribution in [0.4, 0.5) is 4.39 Å². The second-order valence-corrected chi connectivity index (χ2v) is 6.61. The summed E-state index contributed by atoms with van der Waals surface area (Å²) >= 11 is 1.50. The van der Waals surface area contributed by atoms with Gasteiger partial charge in [0.05, 0.1) is 23.2 Å². The first kappa shape index (κ1) is 17.6. The van der Waals surface area contributed by atoms with Crippen LogP contribution >= 0.6 is 11.3 Å². The fraction of sp³-hybridized carbons (Fsp3) is 0.412. The van der Waals surface area contributed by atoms with Crippen molar-refractivity contribution in [3.63, 3.8) is 0 Å². The van der Waals surface area contributed by atoms with E-state index in [2.05, 4.69) is 4.98 Å². The number of benzene rings is 1. The molecular weight excluding hydrogens is 315 g/mol. The van der Waals surface area contributed by atoms with Crippen molar-refractivity contribution in [2.75, 3.05) is 13.6 Å². The maximum absolute atomic E-state index is 12.9. The van der Waals surface area contributed by atoms with E-state index in [4.69, 9.17) is 0 Å². The minimum Gasteiger partial charge on any atom is -0.393 e. The number of aliphatic hydroxyl groups is 1. The molecule has 1 heterocycles. The standard InChI is InChI=1S/C17H21FN2O2S/c1-12(21)7-8-20(2)17(22)10-15-11-23-16(19-15)9-13-3-5-14(18)6-4-13/h3-6,11-12,21H,7-10H2,1-2H3. The Kier molecular flexibility index (Phi) is 6.24. The van der Waals surface area contributed by atoms with E-state index in [-0.39, 0.29) is 18.1 Å². The van der Waals surface area contributed by atoms with Gasteiger partial charge in [0.25, 0.3) is 0 Å². The first-order valence-corrected chi connectivity index (χ1v) is 8.41. The summed E-state index contributed by atoms with van der Waals surface area (Å²) in [6, 6.07) is 6.35. The normalized spacial score (nSPS) is 12.2. The van der Waals surface area contributed by atoms with Gasteiger partial charge in [0, 0.05) is 25.4 Å². The maximum Gasteiger partial charge on any atom is 0.228 e. The van der Waals surface area contributed by atoms with Crippen LogP contribution in [0.2, 0.25) is 0 Å². The van der Waals surface area contributed by atoms with E-state index < -0.39 is 6.10 Å². The molecule has 0 bridgehead atoms. The van der Waals surface area contributed by atoms with Crippen LogP contribution in [0.15, 0.2) is 29.6 Å². The summed E-state index contributed by atoms with van der Waals surface area (Å²) in [5.74, 6) is -0.260. The van der Waals surface area contributed by atoms with Crippen molar-refractivity contribution >= 4 is 17.2 Å². The summed E-state index contributed by atoms with van der Waals surface area (Å²) in [6.45, 7) is 2.24. The summed E-state index contributed by atoms with van der Waals surface area (Å²) in [5, 5.41) is 12.1. The maximum atomic E-state index is 12.9. The van der Waals surface area contributed by atoms with Crippen LogP contribution < -0.4 is 0 Å². The molecule has 2 rings (SSSR count). The molecule has 0 aliphatic rings. The zero-order valence-electron chi connectivity index (χ0n) is 13.3. The SMILES string of the molecule is CC(O)CCN(C)C(=O)Cc1csc(Cc2ccc(F)cc2)n1. The molecule has 124 valence electrons. The molecule has 1 atom stereocenters. The van der Waals surface area contributed by atoms with Crippen LogP contribution in [-0.2, 0) is 17.6 Å². The van der Waals surface area contributed by atoms with Crippen LogP contribution in [0.3, 0.4) is 0 Å². The zero-order chi connectivity index (χ0) is 16.8. The van der Waals surface area contributed by atoms with Crippen LogP contribution in [0.25, 0.3) is 0 Å². The second-order valence-electron chi connectivity index (χ2n) is 5.67. The number of amides is 1. The highest BCUT2D eigenvalue weighted by Crippen LogP contribution is 2.16. The van der Waals surface area contributed by atoms with E-state index >= 15 is 0 Å². The molecular formula is C17H21FN2O2S. The summed E-state index contributed by atoms with van der Waals surface area (Å²) in [6.07, 6.45) is 1.05. The largest absolute Gasteiger partial charge is 0.393 e. The van der Waals surface area contributed by atoms with Crippen molar-refractivity contribution in [2.24, 2.45) is 0 Å². The second kappa shape index (κ2) is 8.17. The molecule has 23 heavy (non-hydrogen) atoms. The summed E-state index contributed by atoms with van der Waals surface area (Å²) in [7, 11) is 1.73. The lowest BCUT2D eigenvalue weighted by Gasteiger charge is -2.17. The lowest BCUT2D eigenvalue weighted by Crippen LogP contribution is -2.30. The van der Waals surface area contributed by atoms with E-state index in [9.17, 15) is 14.3 Å². The zero-order valence-corrected chi connectivity index (χ0v) is 14.1. The van der Waals surface area contributed by atoms with Crippen LogP contribution in [-0.4, -0.2) is 40.6 Å². The Hall–Kier alpha value is -1.79. The quantitative estimate of drug-likeness (QED) is 0.846. The number of aromatic nitrogens is 1. The van der Waals surface area contributed by atoms with Gasteiger partial charge < -0.3 is 10.0 Å². The number of likely N-dealkylation sites (N-methyl/N-ethyl adjacent to an activating group) is 1. The molecule has 0 saturated heterocycles. The number of halogens is 1. The van der Waals surface area contributed by atoms with Crippen molar-refractivity contribution in [3.05, 3.63) is 51.7 Å². The number of carbonyl (C=O) groups excluding carboxylic acids is 1. The number of nitrogens with zero attached hydrogens (tertiary/aromatic N) is 2.